The maximum Gasteiger partial charge on any atom is 0.389 e. The molecule has 0 saturated heterocycles. The van der Waals surface area contributed by atoms with Crippen LogP contribution in [0.25, 0.3) is 0 Å². The summed E-state index contributed by atoms with van der Waals surface area (Å²) in [5.74, 6) is -0.484. The molecule has 0 spiro atoms. The van der Waals surface area contributed by atoms with Crippen molar-refractivity contribution in [1.82, 2.24) is 4.72 Å². The van der Waals surface area contributed by atoms with Crippen LogP contribution in [0.5, 0.6) is 0 Å². The monoisotopic (exact) mass is 259 g/mol. The topological polar surface area (TPSA) is 46.2 Å². The summed E-state index contributed by atoms with van der Waals surface area (Å²) in [6.45, 7) is 2.02. The van der Waals surface area contributed by atoms with Gasteiger partial charge < -0.3 is 0 Å². The first-order valence-corrected chi connectivity index (χ1v) is 6.57. The molecule has 1 N–H and O–H groups in total. The lowest BCUT2D eigenvalue weighted by molar-refractivity contribution is -0.134. The van der Waals surface area contributed by atoms with Gasteiger partial charge in [0.15, 0.2) is 0 Å². The minimum absolute atomic E-state index is 0.221. The summed E-state index contributed by atoms with van der Waals surface area (Å²) in [5.41, 5.74) is 0. The van der Waals surface area contributed by atoms with Gasteiger partial charge in [0, 0.05) is 13.0 Å². The van der Waals surface area contributed by atoms with Gasteiger partial charge in [-0.05, 0) is 19.8 Å². The molecule has 0 fully saturated rings. The van der Waals surface area contributed by atoms with Crippen molar-refractivity contribution in [2.75, 3.05) is 12.3 Å². The Bertz CT molecular complexity index is 309. The van der Waals surface area contributed by atoms with Gasteiger partial charge in [0.1, 0.15) is 0 Å². The largest absolute Gasteiger partial charge is 0.389 e. The zero-order chi connectivity index (χ0) is 12.7. The molecule has 0 amide bonds. The molecule has 0 aliphatic rings. The molecule has 0 rings (SSSR count). The van der Waals surface area contributed by atoms with E-state index in [2.05, 4.69) is 4.72 Å². The first-order valence-electron chi connectivity index (χ1n) is 4.92. The lowest BCUT2D eigenvalue weighted by atomic mass is 10.3. The van der Waals surface area contributed by atoms with E-state index in [4.69, 9.17) is 0 Å². The van der Waals surface area contributed by atoms with Crippen LogP contribution < -0.4 is 4.72 Å². The summed E-state index contributed by atoms with van der Waals surface area (Å²) in [5, 5.41) is 0. The van der Waals surface area contributed by atoms with Crippen LogP contribution in [-0.2, 0) is 10.0 Å². The summed E-state index contributed by atoms with van der Waals surface area (Å²) >= 11 is 0. The minimum atomic E-state index is -4.29. The Morgan fingerprint density at radius 1 is 1.31 bits per heavy atom. The molecule has 7 heteroatoms. The molecular weight excluding hydrogens is 243 g/mol. The highest BCUT2D eigenvalue weighted by molar-refractivity contribution is 7.89. The zero-order valence-corrected chi connectivity index (χ0v) is 9.87. The molecule has 0 aliphatic carbocycles. The Kier molecular flexibility index (Phi) is 6.66. The van der Waals surface area contributed by atoms with Gasteiger partial charge in [-0.2, -0.15) is 13.2 Å². The molecule has 0 heterocycles. The molecule has 0 aromatic rings. The van der Waals surface area contributed by atoms with E-state index in [1.54, 1.807) is 19.1 Å². The van der Waals surface area contributed by atoms with Crippen molar-refractivity contribution in [3.05, 3.63) is 12.2 Å². The highest BCUT2D eigenvalue weighted by Crippen LogP contribution is 2.21. The predicted molar refractivity (Wildman–Crippen MR) is 56.5 cm³/mol. The Balaban J connectivity index is 3.79. The van der Waals surface area contributed by atoms with E-state index in [9.17, 15) is 21.6 Å². The number of hydrogen-bond donors (Lipinski definition) is 1. The molecular formula is C9H16F3NO2S. The Labute approximate surface area is 93.8 Å². The fourth-order valence-corrected chi connectivity index (χ4v) is 2.10. The van der Waals surface area contributed by atoms with Crippen molar-refractivity contribution in [2.45, 2.75) is 32.4 Å². The number of hydrogen-bond acceptors (Lipinski definition) is 2. The fourth-order valence-electron chi connectivity index (χ4n) is 0.999. The Morgan fingerprint density at radius 3 is 2.44 bits per heavy atom. The molecule has 0 radical (unpaired) electrons. The molecule has 0 saturated carbocycles. The lowest BCUT2D eigenvalue weighted by Crippen LogP contribution is -2.27. The fraction of sp³-hybridized carbons (Fsp3) is 0.778. The second-order valence-corrected chi connectivity index (χ2v) is 5.22. The van der Waals surface area contributed by atoms with Gasteiger partial charge in [-0.1, -0.05) is 12.2 Å². The van der Waals surface area contributed by atoms with Crippen molar-refractivity contribution < 1.29 is 21.6 Å². The van der Waals surface area contributed by atoms with Gasteiger partial charge in [0.2, 0.25) is 10.0 Å². The average Bonchev–Trinajstić information content (AvgIpc) is 2.10. The zero-order valence-electron chi connectivity index (χ0n) is 9.05. The van der Waals surface area contributed by atoms with E-state index >= 15 is 0 Å². The van der Waals surface area contributed by atoms with Crippen LogP contribution in [0.15, 0.2) is 12.2 Å². The van der Waals surface area contributed by atoms with Crippen LogP contribution in [0.3, 0.4) is 0 Å². The molecule has 3 nitrogen and oxygen atoms in total. The molecule has 0 aliphatic heterocycles. The number of allylic oxidation sites excluding steroid dienone is 1. The first-order chi connectivity index (χ1) is 7.27. The van der Waals surface area contributed by atoms with Crippen molar-refractivity contribution in [3.8, 4) is 0 Å². The van der Waals surface area contributed by atoms with Crippen LogP contribution >= 0.6 is 0 Å². The number of alkyl halides is 3. The maximum absolute atomic E-state index is 11.8. The minimum Gasteiger partial charge on any atom is -0.215 e. The van der Waals surface area contributed by atoms with Crippen LogP contribution in [0.4, 0.5) is 13.2 Å². The van der Waals surface area contributed by atoms with Gasteiger partial charge in [0.05, 0.1) is 5.75 Å². The van der Waals surface area contributed by atoms with Gasteiger partial charge in [-0.25, -0.2) is 13.1 Å². The predicted octanol–water partition coefficient (Wildman–Crippen LogP) is 2.21. The molecule has 16 heavy (non-hydrogen) atoms. The molecule has 0 bridgehead atoms. The van der Waals surface area contributed by atoms with E-state index in [1.807, 2.05) is 0 Å². The van der Waals surface area contributed by atoms with E-state index in [0.29, 0.717) is 6.42 Å². The second-order valence-electron chi connectivity index (χ2n) is 3.29. The summed E-state index contributed by atoms with van der Waals surface area (Å²) in [7, 11) is -3.57. The van der Waals surface area contributed by atoms with Gasteiger partial charge in [-0.3, -0.25) is 0 Å². The van der Waals surface area contributed by atoms with E-state index < -0.39 is 34.8 Å². The number of rotatable bonds is 7. The number of sulfonamides is 1. The van der Waals surface area contributed by atoms with Gasteiger partial charge in [-0.15, -0.1) is 0 Å². The number of nitrogens with one attached hydrogen (secondary N) is 1. The van der Waals surface area contributed by atoms with E-state index in [-0.39, 0.29) is 6.54 Å². The maximum atomic E-state index is 11.8. The normalized spacial score (nSPS) is 13.5. The highest BCUT2D eigenvalue weighted by atomic mass is 32.2. The van der Waals surface area contributed by atoms with E-state index in [1.165, 1.54) is 0 Å². The van der Waals surface area contributed by atoms with Crippen LogP contribution in [0.2, 0.25) is 0 Å². The first kappa shape index (κ1) is 15.4. The third-order valence-corrected chi connectivity index (χ3v) is 3.21. The third kappa shape index (κ3) is 9.97. The summed E-state index contributed by atoms with van der Waals surface area (Å²) in [4.78, 5) is 0. The Hall–Kier alpha value is -0.560. The third-order valence-electron chi connectivity index (χ3n) is 1.74. The molecule has 0 aromatic heterocycles. The van der Waals surface area contributed by atoms with Crippen molar-refractivity contribution in [1.29, 1.82) is 0 Å². The van der Waals surface area contributed by atoms with Crippen LogP contribution in [-0.4, -0.2) is 26.9 Å². The van der Waals surface area contributed by atoms with Crippen LogP contribution in [0, 0.1) is 0 Å². The van der Waals surface area contributed by atoms with Crippen LogP contribution in [0.1, 0.15) is 26.2 Å². The summed E-state index contributed by atoms with van der Waals surface area (Å²) < 4.78 is 59.9. The molecule has 0 aromatic carbocycles. The molecule has 0 unspecified atom stereocenters. The smallest absolute Gasteiger partial charge is 0.215 e. The highest BCUT2D eigenvalue weighted by Gasteiger charge is 2.27. The lowest BCUT2D eigenvalue weighted by Gasteiger charge is -2.07. The van der Waals surface area contributed by atoms with Crippen molar-refractivity contribution in [2.24, 2.45) is 0 Å². The quantitative estimate of drug-likeness (QED) is 0.563. The van der Waals surface area contributed by atoms with E-state index in [0.717, 1.165) is 0 Å². The van der Waals surface area contributed by atoms with Gasteiger partial charge >= 0.3 is 6.18 Å². The average molecular weight is 259 g/mol. The number of halogens is 3. The summed E-state index contributed by atoms with van der Waals surface area (Å²) in [6, 6.07) is 0. The van der Waals surface area contributed by atoms with Gasteiger partial charge in [0.25, 0.3) is 0 Å². The van der Waals surface area contributed by atoms with Crippen molar-refractivity contribution in [3.63, 3.8) is 0 Å². The van der Waals surface area contributed by atoms with Crippen molar-refractivity contribution >= 4 is 10.0 Å². The molecule has 0 atom stereocenters. The SMILES string of the molecule is C/C=C/CCNS(=O)(=O)CCCC(F)(F)F. The molecule has 96 valence electrons. The summed E-state index contributed by atoms with van der Waals surface area (Å²) in [6.07, 6.45) is -1.67. The second kappa shape index (κ2) is 6.90. The standard InChI is InChI=1S/C9H16F3NO2S/c1-2-3-4-7-13-16(14,15)8-5-6-9(10,11)12/h2-3,13H,4-8H2,1H3/b3-2+. The Morgan fingerprint density at radius 2 is 1.94 bits per heavy atom.